The van der Waals surface area contributed by atoms with E-state index in [2.05, 4.69) is 21.6 Å². The van der Waals surface area contributed by atoms with Crippen molar-refractivity contribution in [3.63, 3.8) is 0 Å². The van der Waals surface area contributed by atoms with Gasteiger partial charge in [0.1, 0.15) is 5.52 Å². The summed E-state index contributed by atoms with van der Waals surface area (Å²) in [6.07, 6.45) is 3.73. The lowest BCUT2D eigenvalue weighted by molar-refractivity contribution is 0.00678. The Morgan fingerprint density at radius 2 is 2.26 bits per heavy atom. The number of hydrogen-bond acceptors (Lipinski definition) is 4. The van der Waals surface area contributed by atoms with Crippen LogP contribution in [-0.4, -0.2) is 32.0 Å². The van der Waals surface area contributed by atoms with Crippen molar-refractivity contribution in [3.05, 3.63) is 5.69 Å². The standard InChI is InChI=1S/C13H21N5O/c1-3-18-12-11(9(2)16-18)15-13(14)17(12)8-10-6-4-5-7-19-10/h10H,3-8H2,1-2H3,(H2,14,15). The molecule has 1 aliphatic heterocycles. The first-order chi connectivity index (χ1) is 9.20. The zero-order valence-electron chi connectivity index (χ0n) is 11.6. The highest BCUT2D eigenvalue weighted by Crippen LogP contribution is 2.23. The number of aromatic nitrogens is 4. The van der Waals surface area contributed by atoms with Crippen molar-refractivity contribution in [2.75, 3.05) is 12.3 Å². The minimum Gasteiger partial charge on any atom is -0.376 e. The second-order valence-corrected chi connectivity index (χ2v) is 5.14. The molecular weight excluding hydrogens is 242 g/mol. The average Bonchev–Trinajstić information content (AvgIpc) is 2.90. The molecule has 6 nitrogen and oxygen atoms in total. The molecule has 19 heavy (non-hydrogen) atoms. The lowest BCUT2D eigenvalue weighted by Crippen LogP contribution is -2.25. The van der Waals surface area contributed by atoms with Gasteiger partial charge in [0.15, 0.2) is 5.65 Å². The Labute approximate surface area is 112 Å². The number of nitrogen functional groups attached to an aromatic ring is 1. The minimum atomic E-state index is 0.244. The van der Waals surface area contributed by atoms with Gasteiger partial charge in [0.25, 0.3) is 0 Å². The molecule has 0 aliphatic carbocycles. The third-order valence-electron chi connectivity index (χ3n) is 3.79. The summed E-state index contributed by atoms with van der Waals surface area (Å²) in [5.74, 6) is 0.562. The quantitative estimate of drug-likeness (QED) is 0.915. The Balaban J connectivity index is 1.99. The van der Waals surface area contributed by atoms with Crippen molar-refractivity contribution in [1.29, 1.82) is 0 Å². The Hall–Kier alpha value is -1.56. The molecule has 3 heterocycles. The molecule has 1 saturated heterocycles. The molecule has 1 unspecified atom stereocenters. The molecule has 1 aliphatic rings. The Morgan fingerprint density at radius 1 is 1.42 bits per heavy atom. The van der Waals surface area contributed by atoms with Crippen molar-refractivity contribution in [2.24, 2.45) is 0 Å². The van der Waals surface area contributed by atoms with Crippen LogP contribution in [0.2, 0.25) is 0 Å². The molecule has 2 aromatic rings. The monoisotopic (exact) mass is 263 g/mol. The lowest BCUT2D eigenvalue weighted by atomic mass is 10.1. The molecule has 1 atom stereocenters. The predicted molar refractivity (Wildman–Crippen MR) is 73.9 cm³/mol. The van der Waals surface area contributed by atoms with Gasteiger partial charge in [0, 0.05) is 13.2 Å². The summed E-state index contributed by atoms with van der Waals surface area (Å²) in [5, 5.41) is 4.50. The SMILES string of the molecule is CCn1nc(C)c2nc(N)n(CC3CCCCO3)c21. The molecule has 104 valence electrons. The summed E-state index contributed by atoms with van der Waals surface area (Å²) in [6, 6.07) is 0. The van der Waals surface area contributed by atoms with E-state index in [-0.39, 0.29) is 6.10 Å². The predicted octanol–water partition coefficient (Wildman–Crippen LogP) is 1.71. The van der Waals surface area contributed by atoms with E-state index in [4.69, 9.17) is 10.5 Å². The number of nitrogens with zero attached hydrogens (tertiary/aromatic N) is 4. The van der Waals surface area contributed by atoms with Gasteiger partial charge < -0.3 is 10.5 Å². The first-order valence-electron chi connectivity index (χ1n) is 7.01. The van der Waals surface area contributed by atoms with Crippen molar-refractivity contribution >= 4 is 17.1 Å². The number of nitrogens with two attached hydrogens (primary N) is 1. The Morgan fingerprint density at radius 3 is 2.95 bits per heavy atom. The van der Waals surface area contributed by atoms with E-state index in [0.29, 0.717) is 5.95 Å². The van der Waals surface area contributed by atoms with Crippen LogP contribution in [0, 0.1) is 6.92 Å². The number of aryl methyl sites for hydroxylation is 2. The van der Waals surface area contributed by atoms with Gasteiger partial charge in [-0.15, -0.1) is 0 Å². The highest BCUT2D eigenvalue weighted by molar-refractivity contribution is 5.77. The topological polar surface area (TPSA) is 70.9 Å². The summed E-state index contributed by atoms with van der Waals surface area (Å²) >= 11 is 0. The largest absolute Gasteiger partial charge is 0.376 e. The minimum absolute atomic E-state index is 0.244. The first-order valence-corrected chi connectivity index (χ1v) is 7.01. The molecule has 2 N–H and O–H groups in total. The van der Waals surface area contributed by atoms with Crippen LogP contribution in [0.5, 0.6) is 0 Å². The molecule has 0 bridgehead atoms. The summed E-state index contributed by atoms with van der Waals surface area (Å²) in [4.78, 5) is 4.45. The van der Waals surface area contributed by atoms with Crippen LogP contribution in [-0.2, 0) is 17.8 Å². The average molecular weight is 263 g/mol. The van der Waals surface area contributed by atoms with E-state index in [0.717, 1.165) is 49.4 Å². The summed E-state index contributed by atoms with van der Waals surface area (Å²) in [5.41, 5.74) is 8.93. The number of hydrogen-bond donors (Lipinski definition) is 1. The van der Waals surface area contributed by atoms with Crippen molar-refractivity contribution < 1.29 is 4.74 Å². The lowest BCUT2D eigenvalue weighted by Gasteiger charge is -2.23. The maximum Gasteiger partial charge on any atom is 0.202 e. The smallest absolute Gasteiger partial charge is 0.202 e. The zero-order chi connectivity index (χ0) is 13.4. The highest BCUT2D eigenvalue weighted by Gasteiger charge is 2.21. The van der Waals surface area contributed by atoms with E-state index in [1.165, 1.54) is 6.42 Å². The molecule has 0 aromatic carbocycles. The van der Waals surface area contributed by atoms with Gasteiger partial charge in [-0.05, 0) is 33.1 Å². The van der Waals surface area contributed by atoms with Crippen LogP contribution in [0.4, 0.5) is 5.95 Å². The third kappa shape index (κ3) is 2.10. The number of rotatable bonds is 3. The highest BCUT2D eigenvalue weighted by atomic mass is 16.5. The van der Waals surface area contributed by atoms with Crippen molar-refractivity contribution in [1.82, 2.24) is 19.3 Å². The molecule has 0 spiro atoms. The van der Waals surface area contributed by atoms with E-state index in [1.54, 1.807) is 0 Å². The number of anilines is 1. The van der Waals surface area contributed by atoms with Gasteiger partial charge in [-0.25, -0.2) is 9.67 Å². The Kier molecular flexibility index (Phi) is 3.18. The second kappa shape index (κ2) is 4.85. The Bertz CT molecular complexity index is 579. The van der Waals surface area contributed by atoms with Crippen LogP contribution in [0.25, 0.3) is 11.2 Å². The van der Waals surface area contributed by atoms with Crippen LogP contribution in [0.3, 0.4) is 0 Å². The fourth-order valence-corrected chi connectivity index (χ4v) is 2.80. The van der Waals surface area contributed by atoms with Crippen LogP contribution in [0.1, 0.15) is 31.9 Å². The number of imidazole rings is 1. The van der Waals surface area contributed by atoms with Gasteiger partial charge in [-0.3, -0.25) is 4.57 Å². The van der Waals surface area contributed by atoms with Gasteiger partial charge in [-0.1, -0.05) is 0 Å². The summed E-state index contributed by atoms with van der Waals surface area (Å²) in [6.45, 7) is 6.50. The van der Waals surface area contributed by atoms with E-state index in [9.17, 15) is 0 Å². The maximum atomic E-state index is 6.06. The fraction of sp³-hybridized carbons (Fsp3) is 0.692. The fourth-order valence-electron chi connectivity index (χ4n) is 2.80. The van der Waals surface area contributed by atoms with Crippen LogP contribution >= 0.6 is 0 Å². The molecule has 0 radical (unpaired) electrons. The number of fused-ring (bicyclic) bond motifs is 1. The van der Waals surface area contributed by atoms with Crippen LogP contribution < -0.4 is 5.73 Å². The molecule has 0 saturated carbocycles. The normalized spacial score (nSPS) is 20.2. The molecule has 1 fully saturated rings. The van der Waals surface area contributed by atoms with E-state index < -0.39 is 0 Å². The van der Waals surface area contributed by atoms with Crippen molar-refractivity contribution in [3.8, 4) is 0 Å². The molecule has 3 rings (SSSR count). The zero-order valence-corrected chi connectivity index (χ0v) is 11.6. The number of ether oxygens (including phenoxy) is 1. The summed E-state index contributed by atoms with van der Waals surface area (Å²) < 4.78 is 9.82. The molecule has 0 amide bonds. The van der Waals surface area contributed by atoms with E-state index in [1.807, 2.05) is 11.6 Å². The van der Waals surface area contributed by atoms with Gasteiger partial charge >= 0.3 is 0 Å². The molecule has 6 heteroatoms. The summed E-state index contributed by atoms with van der Waals surface area (Å²) in [7, 11) is 0. The second-order valence-electron chi connectivity index (χ2n) is 5.14. The van der Waals surface area contributed by atoms with Gasteiger partial charge in [0.05, 0.1) is 18.3 Å². The van der Waals surface area contributed by atoms with Gasteiger partial charge in [-0.2, -0.15) is 5.10 Å². The molecular formula is C13H21N5O. The molecule has 2 aromatic heterocycles. The van der Waals surface area contributed by atoms with Crippen LogP contribution in [0.15, 0.2) is 0 Å². The van der Waals surface area contributed by atoms with E-state index >= 15 is 0 Å². The first kappa shape index (κ1) is 12.5. The maximum absolute atomic E-state index is 6.06. The van der Waals surface area contributed by atoms with Crippen molar-refractivity contribution in [2.45, 2.75) is 52.3 Å². The third-order valence-corrected chi connectivity index (χ3v) is 3.79. The van der Waals surface area contributed by atoms with Gasteiger partial charge in [0.2, 0.25) is 5.95 Å².